The molecular weight excluding hydrogens is 159 g/mol. The van der Waals surface area contributed by atoms with Crippen molar-refractivity contribution in [2.75, 3.05) is 0 Å². The molecule has 0 nitrogen and oxygen atoms in total. The zero-order chi connectivity index (χ0) is 7.86. The van der Waals surface area contributed by atoms with E-state index in [0.29, 0.717) is 0 Å². The Bertz CT molecular complexity index is 101. The fourth-order valence-corrected chi connectivity index (χ4v) is 0. The number of rotatable bonds is 0. The van der Waals surface area contributed by atoms with Gasteiger partial charge in [0.05, 0.1) is 0 Å². The fraction of sp³-hybridized carbons (Fsp3) is 0. The number of hydrogen-bond donors (Lipinski definition) is 0. The molecule has 0 aliphatic rings. The molecule has 0 aliphatic heterocycles. The first-order valence-electron chi connectivity index (χ1n) is 1.62. The molecule has 0 spiro atoms. The van der Waals surface area contributed by atoms with Gasteiger partial charge < -0.3 is 0 Å². The van der Waals surface area contributed by atoms with E-state index in [1.54, 1.807) is 0 Å². The zero-order valence-corrected chi connectivity index (χ0v) is 4.93. The van der Waals surface area contributed by atoms with E-state index in [1.165, 1.54) is 0 Å². The van der Waals surface area contributed by atoms with Gasteiger partial charge in [0.25, 0.3) is 6.08 Å². The maximum absolute atomic E-state index is 10.6. The molecular formula is C4H3ClF4. The highest BCUT2D eigenvalue weighted by Gasteiger charge is 1.78. The smallest absolute Gasteiger partial charge is 0.210 e. The van der Waals surface area contributed by atoms with Gasteiger partial charge in [-0.1, -0.05) is 18.2 Å². The second kappa shape index (κ2) is 7.49. The summed E-state index contributed by atoms with van der Waals surface area (Å²) in [5.41, 5.74) is 0. The molecule has 0 aliphatic carbocycles. The fourth-order valence-electron chi connectivity index (χ4n) is 0. The molecule has 0 amide bonds. The van der Waals surface area contributed by atoms with Crippen molar-refractivity contribution in [1.82, 2.24) is 0 Å². The van der Waals surface area contributed by atoms with Crippen LogP contribution in [0.1, 0.15) is 0 Å². The topological polar surface area (TPSA) is 0 Å². The van der Waals surface area contributed by atoms with E-state index in [2.05, 4.69) is 18.2 Å². The summed E-state index contributed by atoms with van der Waals surface area (Å²) < 4.78 is 41.3. The Kier molecular flexibility index (Phi) is 9.41. The predicted octanol–water partition coefficient (Wildman–Crippen LogP) is 3.36. The first-order valence-corrected chi connectivity index (χ1v) is 1.99. The molecule has 54 valence electrons. The van der Waals surface area contributed by atoms with Gasteiger partial charge >= 0.3 is 0 Å². The van der Waals surface area contributed by atoms with Crippen molar-refractivity contribution in [1.29, 1.82) is 0 Å². The summed E-state index contributed by atoms with van der Waals surface area (Å²) in [5, 5.41) is -0.861. The van der Waals surface area contributed by atoms with Gasteiger partial charge in [0.2, 0.25) is 0 Å². The Balaban J connectivity index is 0. The first kappa shape index (κ1) is 11.3. The van der Waals surface area contributed by atoms with Crippen LogP contribution in [0.4, 0.5) is 17.6 Å². The Labute approximate surface area is 54.4 Å². The minimum Gasteiger partial charge on any atom is -0.210 e. The maximum atomic E-state index is 10.6. The largest absolute Gasteiger partial charge is 0.298 e. The quantitative estimate of drug-likeness (QED) is 0.479. The highest BCUT2D eigenvalue weighted by Crippen LogP contribution is 1.93. The molecule has 0 rings (SSSR count). The van der Waals surface area contributed by atoms with E-state index in [0.717, 1.165) is 0 Å². The molecule has 0 aromatic carbocycles. The molecule has 0 bridgehead atoms. The molecule has 9 heavy (non-hydrogen) atoms. The van der Waals surface area contributed by atoms with Crippen molar-refractivity contribution >= 4 is 11.6 Å². The third-order valence-electron chi connectivity index (χ3n) is 0.0825. The van der Waals surface area contributed by atoms with Crippen LogP contribution < -0.4 is 0 Å². The van der Waals surface area contributed by atoms with Gasteiger partial charge in [-0.05, 0) is 0 Å². The summed E-state index contributed by atoms with van der Waals surface area (Å²) in [6.07, 6.45) is -3.04. The van der Waals surface area contributed by atoms with Gasteiger partial charge in [-0.15, -0.1) is 0 Å². The van der Waals surface area contributed by atoms with Crippen LogP contribution in [0.2, 0.25) is 0 Å². The lowest BCUT2D eigenvalue weighted by atomic mass is 11.1. The Morgan fingerprint density at radius 3 is 1.44 bits per heavy atom. The van der Waals surface area contributed by atoms with E-state index in [4.69, 9.17) is 0 Å². The van der Waals surface area contributed by atoms with Crippen LogP contribution in [0.15, 0.2) is 24.3 Å². The van der Waals surface area contributed by atoms with E-state index in [1.807, 2.05) is 0 Å². The predicted molar refractivity (Wildman–Crippen MR) is 27.5 cm³/mol. The van der Waals surface area contributed by atoms with E-state index in [9.17, 15) is 17.6 Å². The van der Waals surface area contributed by atoms with Crippen LogP contribution in [0.25, 0.3) is 0 Å². The molecule has 0 saturated heterocycles. The van der Waals surface area contributed by atoms with E-state index < -0.39 is 17.7 Å². The van der Waals surface area contributed by atoms with Crippen LogP contribution >= 0.6 is 11.6 Å². The Hall–Kier alpha value is -0.510. The van der Waals surface area contributed by atoms with Gasteiger partial charge in [0.1, 0.15) is 0 Å². The van der Waals surface area contributed by atoms with Gasteiger partial charge in [-0.25, -0.2) is 4.39 Å². The summed E-state index contributed by atoms with van der Waals surface area (Å²) in [4.78, 5) is 0. The molecule has 0 aromatic rings. The Morgan fingerprint density at radius 1 is 1.33 bits per heavy atom. The molecule has 0 heterocycles. The van der Waals surface area contributed by atoms with Gasteiger partial charge in [-0.3, -0.25) is 0 Å². The second-order valence-electron chi connectivity index (χ2n) is 0.737. The maximum Gasteiger partial charge on any atom is 0.298 e. The SMILES string of the molecule is C=C(F)Cl.FC=C(F)F. The molecule has 0 aromatic heterocycles. The highest BCUT2D eigenvalue weighted by molar-refractivity contribution is 6.27. The van der Waals surface area contributed by atoms with Crippen molar-refractivity contribution in [2.24, 2.45) is 0 Å². The molecule has 0 N–H and O–H groups in total. The van der Waals surface area contributed by atoms with Gasteiger partial charge in [0.15, 0.2) is 11.6 Å². The standard InChI is InChI=1S/C2H2ClF.C2HF3/c1-2(3)4;3-1-2(4)5/h1H2;1H. The molecule has 0 atom stereocenters. The van der Waals surface area contributed by atoms with E-state index >= 15 is 0 Å². The third kappa shape index (κ3) is 102. The monoisotopic (exact) mass is 162 g/mol. The van der Waals surface area contributed by atoms with E-state index in [-0.39, 0.29) is 0 Å². The number of hydrogen-bond acceptors (Lipinski definition) is 0. The Morgan fingerprint density at radius 2 is 1.44 bits per heavy atom. The number of halogens is 5. The van der Waals surface area contributed by atoms with Gasteiger partial charge in [-0.2, -0.15) is 13.2 Å². The molecule has 0 radical (unpaired) electrons. The zero-order valence-electron chi connectivity index (χ0n) is 4.17. The van der Waals surface area contributed by atoms with Gasteiger partial charge in [0, 0.05) is 0 Å². The minimum atomic E-state index is -2.29. The summed E-state index contributed by atoms with van der Waals surface area (Å²) in [6.45, 7) is 2.65. The van der Waals surface area contributed by atoms with Crippen molar-refractivity contribution < 1.29 is 17.6 Å². The molecule has 0 saturated carbocycles. The summed E-state index contributed by atoms with van der Waals surface area (Å²) in [7, 11) is 0. The molecule has 0 unspecified atom stereocenters. The van der Waals surface area contributed by atoms with Crippen molar-refractivity contribution in [3.05, 3.63) is 24.3 Å². The van der Waals surface area contributed by atoms with Crippen LogP contribution in [0.5, 0.6) is 0 Å². The summed E-state index contributed by atoms with van der Waals surface area (Å²) in [5.74, 6) is 0. The molecule has 0 fully saturated rings. The van der Waals surface area contributed by atoms with Crippen molar-refractivity contribution in [3.63, 3.8) is 0 Å². The third-order valence-corrected chi connectivity index (χ3v) is 0.0825. The van der Waals surface area contributed by atoms with Crippen LogP contribution in [0.3, 0.4) is 0 Å². The van der Waals surface area contributed by atoms with Crippen LogP contribution in [-0.4, -0.2) is 0 Å². The lowest BCUT2D eigenvalue weighted by Gasteiger charge is -1.59. The summed E-state index contributed by atoms with van der Waals surface area (Å²) >= 11 is 4.41. The highest BCUT2D eigenvalue weighted by atomic mass is 35.5. The van der Waals surface area contributed by atoms with Crippen LogP contribution in [0, 0.1) is 0 Å². The minimum absolute atomic E-state index is 0.750. The normalized spacial score (nSPS) is 6.78. The van der Waals surface area contributed by atoms with Crippen LogP contribution in [-0.2, 0) is 0 Å². The second-order valence-corrected chi connectivity index (χ2v) is 1.15. The lowest BCUT2D eigenvalue weighted by molar-refractivity contribution is 0.400. The van der Waals surface area contributed by atoms with Crippen molar-refractivity contribution in [3.8, 4) is 0 Å². The molecule has 5 heteroatoms. The average molecular weight is 163 g/mol. The van der Waals surface area contributed by atoms with Crippen molar-refractivity contribution in [2.45, 2.75) is 0 Å². The average Bonchev–Trinajstić information content (AvgIpc) is 1.65. The first-order chi connectivity index (χ1) is 4.00. The summed E-state index contributed by atoms with van der Waals surface area (Å²) in [6, 6.07) is 0. The lowest BCUT2D eigenvalue weighted by Crippen LogP contribution is -1.42.